The Kier molecular flexibility index (Phi) is 4.93. The number of carboxylic acids is 1. The van der Waals surface area contributed by atoms with E-state index in [-0.39, 0.29) is 12.0 Å². The molecule has 3 rings (SSSR count). The summed E-state index contributed by atoms with van der Waals surface area (Å²) in [5.74, 6) is -0.995. The highest BCUT2D eigenvalue weighted by molar-refractivity contribution is 7.92. The average molecular weight is 350 g/mol. The van der Waals surface area contributed by atoms with Gasteiger partial charge in [-0.1, -0.05) is 6.92 Å². The minimum Gasteiger partial charge on any atom is -0.550 e. The van der Waals surface area contributed by atoms with Crippen molar-refractivity contribution in [2.45, 2.75) is 13.3 Å². The lowest BCUT2D eigenvalue weighted by atomic mass is 10.1. The highest BCUT2D eigenvalue weighted by atomic mass is 32.2. The van der Waals surface area contributed by atoms with E-state index in [4.69, 9.17) is 0 Å². The number of hydrogen-bond acceptors (Lipinski definition) is 5. The molecule has 0 unspecified atom stereocenters. The topological polar surface area (TPSA) is 135 Å². The Bertz CT molecular complexity index is 1050. The number of nitrogens with one attached hydrogen (secondary N) is 3. The molecular formula is C15H16N3O5S-. The molecule has 0 radical (unpaired) electrons. The van der Waals surface area contributed by atoms with Crippen LogP contribution in [0.1, 0.15) is 13.3 Å². The van der Waals surface area contributed by atoms with Gasteiger partial charge < -0.3 is 19.9 Å². The zero-order chi connectivity index (χ0) is 17.9. The van der Waals surface area contributed by atoms with E-state index in [1.807, 2.05) is 0 Å². The number of aromatic nitrogens is 2. The summed E-state index contributed by atoms with van der Waals surface area (Å²) in [6.45, 7) is 1.54. The van der Waals surface area contributed by atoms with Gasteiger partial charge in [0.05, 0.1) is 6.26 Å². The Morgan fingerprint density at radius 1 is 1.25 bits per heavy atom. The van der Waals surface area contributed by atoms with Gasteiger partial charge in [0.25, 0.3) is 5.56 Å². The molecule has 2 aromatic heterocycles. The number of pyridine rings is 1. The molecule has 3 aromatic rings. The summed E-state index contributed by atoms with van der Waals surface area (Å²) in [7, 11) is -3.32. The number of hydrogen-bond donors (Lipinski definition) is 3. The number of benzene rings is 1. The van der Waals surface area contributed by atoms with Gasteiger partial charge in [-0.05, 0) is 30.7 Å². The Morgan fingerprint density at radius 3 is 2.50 bits per heavy atom. The number of carbonyl (C=O) groups excluding carboxylic acids is 1. The van der Waals surface area contributed by atoms with Crippen molar-refractivity contribution in [2.24, 2.45) is 0 Å². The van der Waals surface area contributed by atoms with Crippen molar-refractivity contribution in [3.05, 3.63) is 40.8 Å². The first-order valence-electron chi connectivity index (χ1n) is 7.02. The molecule has 0 spiro atoms. The third kappa shape index (κ3) is 4.13. The largest absolute Gasteiger partial charge is 0.550 e. The number of carbonyl (C=O) groups is 1. The number of carboxylic acid groups (broad SMARTS) is 1. The zero-order valence-corrected chi connectivity index (χ0v) is 13.9. The van der Waals surface area contributed by atoms with Crippen LogP contribution in [-0.2, 0) is 14.8 Å². The van der Waals surface area contributed by atoms with Crippen LogP contribution in [0.15, 0.2) is 35.3 Å². The van der Waals surface area contributed by atoms with E-state index in [9.17, 15) is 23.1 Å². The van der Waals surface area contributed by atoms with Crippen molar-refractivity contribution in [2.75, 3.05) is 11.0 Å². The van der Waals surface area contributed by atoms with Gasteiger partial charge in [0, 0.05) is 34.1 Å². The van der Waals surface area contributed by atoms with Gasteiger partial charge in [-0.2, -0.15) is 0 Å². The van der Waals surface area contributed by atoms with E-state index in [2.05, 4.69) is 14.7 Å². The van der Waals surface area contributed by atoms with E-state index in [0.29, 0.717) is 16.7 Å². The number of aliphatic carboxylic acids is 1. The second kappa shape index (κ2) is 6.75. The number of rotatable bonds is 3. The second-order valence-corrected chi connectivity index (χ2v) is 6.83. The fraction of sp³-hybridized carbons (Fsp3) is 0.200. The molecule has 0 bridgehead atoms. The summed E-state index contributed by atoms with van der Waals surface area (Å²) in [6, 6.07) is 6.77. The molecule has 24 heavy (non-hydrogen) atoms. The van der Waals surface area contributed by atoms with Crippen LogP contribution < -0.4 is 15.4 Å². The van der Waals surface area contributed by atoms with Gasteiger partial charge >= 0.3 is 0 Å². The molecule has 128 valence electrons. The van der Waals surface area contributed by atoms with Crippen molar-refractivity contribution in [1.29, 1.82) is 0 Å². The summed E-state index contributed by atoms with van der Waals surface area (Å²) < 4.78 is 24.9. The van der Waals surface area contributed by atoms with Crippen LogP contribution in [0.25, 0.3) is 21.8 Å². The van der Waals surface area contributed by atoms with Crippen molar-refractivity contribution < 1.29 is 18.3 Å². The first-order chi connectivity index (χ1) is 11.2. The SMILES string of the molecule is CCC(=O)[O-].CS(=O)(=O)Nc1ccc2[nH]c(=O)c3[nH]ccc3c2c1. The van der Waals surface area contributed by atoms with Gasteiger partial charge in [0.1, 0.15) is 5.52 Å². The van der Waals surface area contributed by atoms with Crippen molar-refractivity contribution >= 4 is 43.5 Å². The Balaban J connectivity index is 0.000000368. The molecule has 3 N–H and O–H groups in total. The average Bonchev–Trinajstić information content (AvgIpc) is 2.97. The zero-order valence-electron chi connectivity index (χ0n) is 13.0. The fourth-order valence-electron chi connectivity index (χ4n) is 2.12. The van der Waals surface area contributed by atoms with Crippen LogP contribution >= 0.6 is 0 Å². The molecule has 0 saturated carbocycles. The summed E-state index contributed by atoms with van der Waals surface area (Å²) in [6.07, 6.45) is 2.88. The molecule has 8 nitrogen and oxygen atoms in total. The first-order valence-corrected chi connectivity index (χ1v) is 8.91. The van der Waals surface area contributed by atoms with Gasteiger partial charge in [0.15, 0.2) is 0 Å². The van der Waals surface area contributed by atoms with Crippen molar-refractivity contribution in [3.8, 4) is 0 Å². The maximum Gasteiger partial charge on any atom is 0.272 e. The monoisotopic (exact) mass is 350 g/mol. The Hall–Kier alpha value is -2.81. The van der Waals surface area contributed by atoms with Crippen molar-refractivity contribution in [3.63, 3.8) is 0 Å². The lowest BCUT2D eigenvalue weighted by Gasteiger charge is -2.06. The van der Waals surface area contributed by atoms with Crippen LogP contribution in [0.4, 0.5) is 5.69 Å². The molecule has 0 atom stereocenters. The maximum atomic E-state index is 11.8. The predicted octanol–water partition coefficient (Wildman–Crippen LogP) is 0.527. The van der Waals surface area contributed by atoms with E-state index in [1.54, 1.807) is 30.5 Å². The highest BCUT2D eigenvalue weighted by Gasteiger charge is 2.08. The molecule has 0 saturated heterocycles. The van der Waals surface area contributed by atoms with E-state index in [0.717, 1.165) is 17.0 Å². The molecule has 9 heteroatoms. The van der Waals surface area contributed by atoms with Gasteiger partial charge in [-0.15, -0.1) is 0 Å². The predicted molar refractivity (Wildman–Crippen MR) is 90.2 cm³/mol. The number of sulfonamides is 1. The summed E-state index contributed by atoms with van der Waals surface area (Å²) in [5, 5.41) is 10.8. The Labute approximate surface area is 137 Å². The van der Waals surface area contributed by atoms with Crippen molar-refractivity contribution in [1.82, 2.24) is 9.97 Å². The molecule has 2 heterocycles. The molecule has 1 aromatic carbocycles. The highest BCUT2D eigenvalue weighted by Crippen LogP contribution is 2.24. The van der Waals surface area contributed by atoms with Crippen LogP contribution in [0.2, 0.25) is 0 Å². The first kappa shape index (κ1) is 17.5. The molecular weight excluding hydrogens is 334 g/mol. The Morgan fingerprint density at radius 2 is 1.92 bits per heavy atom. The van der Waals surface area contributed by atoms with Gasteiger partial charge in [-0.3, -0.25) is 9.52 Å². The van der Waals surface area contributed by atoms with E-state index in [1.165, 1.54) is 6.92 Å². The summed E-state index contributed by atoms with van der Waals surface area (Å²) in [4.78, 5) is 26.6. The smallest absolute Gasteiger partial charge is 0.272 e. The number of aromatic amines is 2. The lowest BCUT2D eigenvalue weighted by molar-refractivity contribution is -0.305. The second-order valence-electron chi connectivity index (χ2n) is 5.08. The minimum atomic E-state index is -3.32. The maximum absolute atomic E-state index is 11.8. The fourth-order valence-corrected chi connectivity index (χ4v) is 2.68. The molecule has 0 aliphatic carbocycles. The van der Waals surface area contributed by atoms with Crippen LogP contribution in [0, 0.1) is 0 Å². The van der Waals surface area contributed by atoms with Crippen LogP contribution in [0.5, 0.6) is 0 Å². The number of H-pyrrole nitrogens is 2. The summed E-state index contributed by atoms with van der Waals surface area (Å²) in [5.41, 5.74) is 1.40. The lowest BCUT2D eigenvalue weighted by Crippen LogP contribution is -2.19. The van der Waals surface area contributed by atoms with Crippen LogP contribution in [-0.4, -0.2) is 30.6 Å². The van der Waals surface area contributed by atoms with E-state index >= 15 is 0 Å². The molecule has 0 fully saturated rings. The molecule has 0 aliphatic heterocycles. The van der Waals surface area contributed by atoms with Crippen LogP contribution in [0.3, 0.4) is 0 Å². The standard InChI is InChI=1S/C12H11N3O3S.C3H6O2/c1-19(17,18)15-7-2-3-10-9(6-7)8-4-5-13-11(8)12(16)14-10;1-2-3(4)5/h2-6,13,15H,1H3,(H,14,16);2H2,1H3,(H,4,5)/p-1. The normalized spacial score (nSPS) is 11.1. The third-order valence-electron chi connectivity index (χ3n) is 3.12. The van der Waals surface area contributed by atoms with Gasteiger partial charge in [-0.25, -0.2) is 8.42 Å². The number of anilines is 1. The third-order valence-corrected chi connectivity index (χ3v) is 3.73. The minimum absolute atomic E-state index is 0.111. The number of fused-ring (bicyclic) bond motifs is 3. The molecule has 0 amide bonds. The van der Waals surface area contributed by atoms with Gasteiger partial charge in [0.2, 0.25) is 10.0 Å². The molecule has 0 aliphatic rings. The van der Waals surface area contributed by atoms with E-state index < -0.39 is 16.0 Å². The summed E-state index contributed by atoms with van der Waals surface area (Å²) >= 11 is 0. The quantitative estimate of drug-likeness (QED) is 0.633.